The third-order valence-corrected chi connectivity index (χ3v) is 2.80. The molecule has 1 nitrogen and oxygen atoms in total. The molecule has 14 heavy (non-hydrogen) atoms. The first kappa shape index (κ1) is 11.3. The molecule has 1 radical (unpaired) electrons. The highest BCUT2D eigenvalue weighted by atomic mass is 28.3. The van der Waals surface area contributed by atoms with E-state index in [4.69, 9.17) is 4.43 Å². The molecule has 1 aromatic carbocycles. The van der Waals surface area contributed by atoms with Gasteiger partial charge in [0.05, 0.1) is 0 Å². The van der Waals surface area contributed by atoms with Gasteiger partial charge in [-0.2, -0.15) is 0 Å². The summed E-state index contributed by atoms with van der Waals surface area (Å²) in [6, 6.07) is 4.42. The Bertz CT molecular complexity index is 318. The largest absolute Gasteiger partial charge is 0.542 e. The van der Waals surface area contributed by atoms with Gasteiger partial charge in [0, 0.05) is 0 Å². The number of hydrogen-bond donors (Lipinski definition) is 0. The van der Waals surface area contributed by atoms with Gasteiger partial charge in [-0.1, -0.05) is 24.6 Å². The minimum Gasteiger partial charge on any atom is -0.542 e. The first-order valence-corrected chi connectivity index (χ1v) is 7.53. The fraction of sp³-hybridized carbons (Fsp3) is 0.500. The van der Waals surface area contributed by atoms with Crippen LogP contribution in [-0.4, -0.2) is 9.04 Å². The quantitative estimate of drug-likeness (QED) is 0.689. The first-order chi connectivity index (χ1) is 6.54. The Kier molecular flexibility index (Phi) is 3.75. The standard InChI is InChI=1S/C12H19OSi/c1-6-11-8-9(2)7-10(3)12(11)13-14(4)5/h7-8H,6H2,1-5H3. The summed E-state index contributed by atoms with van der Waals surface area (Å²) in [5, 5.41) is 0. The van der Waals surface area contributed by atoms with E-state index in [1.165, 1.54) is 16.7 Å². The van der Waals surface area contributed by atoms with Crippen LogP contribution in [0, 0.1) is 13.8 Å². The van der Waals surface area contributed by atoms with Crippen LogP contribution >= 0.6 is 0 Å². The average molecular weight is 207 g/mol. The van der Waals surface area contributed by atoms with E-state index in [9.17, 15) is 0 Å². The lowest BCUT2D eigenvalue weighted by Gasteiger charge is -2.16. The van der Waals surface area contributed by atoms with Crippen molar-refractivity contribution in [2.75, 3.05) is 0 Å². The molecule has 0 amide bonds. The summed E-state index contributed by atoms with van der Waals surface area (Å²) in [4.78, 5) is 0. The molecule has 1 aromatic rings. The molecule has 0 spiro atoms. The van der Waals surface area contributed by atoms with Gasteiger partial charge in [-0.15, -0.1) is 0 Å². The Morgan fingerprint density at radius 2 is 1.86 bits per heavy atom. The molecule has 0 bridgehead atoms. The zero-order valence-electron chi connectivity index (χ0n) is 9.77. The second-order valence-corrected chi connectivity index (χ2v) is 5.95. The minimum absolute atomic E-state index is 0.654. The Morgan fingerprint density at radius 1 is 1.21 bits per heavy atom. The fourth-order valence-corrected chi connectivity index (χ4v) is 2.36. The molecule has 0 saturated carbocycles. The van der Waals surface area contributed by atoms with Gasteiger partial charge in [0.25, 0.3) is 9.04 Å². The summed E-state index contributed by atoms with van der Waals surface area (Å²) in [7, 11) is -0.654. The molecule has 0 atom stereocenters. The average Bonchev–Trinajstić information content (AvgIpc) is 2.08. The van der Waals surface area contributed by atoms with E-state index >= 15 is 0 Å². The van der Waals surface area contributed by atoms with Crippen molar-refractivity contribution in [1.29, 1.82) is 0 Å². The molecule has 77 valence electrons. The van der Waals surface area contributed by atoms with Gasteiger partial charge >= 0.3 is 0 Å². The summed E-state index contributed by atoms with van der Waals surface area (Å²) in [6.07, 6.45) is 1.05. The molecular weight excluding hydrogens is 188 g/mol. The van der Waals surface area contributed by atoms with Crippen LogP contribution in [-0.2, 0) is 6.42 Å². The summed E-state index contributed by atoms with van der Waals surface area (Å²) in [6.45, 7) is 10.8. The molecule has 0 heterocycles. The van der Waals surface area contributed by atoms with Crippen molar-refractivity contribution in [3.63, 3.8) is 0 Å². The number of aryl methyl sites for hydroxylation is 3. The number of hydrogen-bond acceptors (Lipinski definition) is 1. The van der Waals surface area contributed by atoms with Gasteiger partial charge < -0.3 is 4.43 Å². The second-order valence-electron chi connectivity index (χ2n) is 3.93. The normalized spacial score (nSPS) is 10.7. The van der Waals surface area contributed by atoms with Crippen molar-refractivity contribution >= 4 is 9.04 Å². The lowest BCUT2D eigenvalue weighted by Crippen LogP contribution is -2.13. The highest BCUT2D eigenvalue weighted by molar-refractivity contribution is 6.49. The van der Waals surface area contributed by atoms with E-state index in [2.05, 4.69) is 46.0 Å². The molecule has 0 fully saturated rings. The molecule has 0 aromatic heterocycles. The van der Waals surface area contributed by atoms with Crippen LogP contribution in [0.25, 0.3) is 0 Å². The maximum atomic E-state index is 5.92. The summed E-state index contributed by atoms with van der Waals surface area (Å²) < 4.78 is 5.92. The molecule has 0 saturated heterocycles. The smallest absolute Gasteiger partial charge is 0.274 e. The lowest BCUT2D eigenvalue weighted by atomic mass is 10.0. The van der Waals surface area contributed by atoms with E-state index in [-0.39, 0.29) is 0 Å². The first-order valence-electron chi connectivity index (χ1n) is 5.12. The van der Waals surface area contributed by atoms with Gasteiger partial charge in [0.15, 0.2) is 0 Å². The highest BCUT2D eigenvalue weighted by Gasteiger charge is 2.09. The molecule has 0 unspecified atom stereocenters. The van der Waals surface area contributed by atoms with Crippen molar-refractivity contribution in [2.24, 2.45) is 0 Å². The van der Waals surface area contributed by atoms with Gasteiger partial charge in [-0.25, -0.2) is 0 Å². The van der Waals surface area contributed by atoms with E-state index < -0.39 is 9.04 Å². The monoisotopic (exact) mass is 207 g/mol. The molecule has 0 aliphatic heterocycles. The number of rotatable bonds is 3. The van der Waals surface area contributed by atoms with Crippen LogP contribution in [0.4, 0.5) is 0 Å². The SMILES string of the molecule is CCc1cc(C)cc(C)c1O[Si](C)C. The van der Waals surface area contributed by atoms with Crippen LogP contribution in [0.15, 0.2) is 12.1 Å². The summed E-state index contributed by atoms with van der Waals surface area (Å²) in [5.41, 5.74) is 3.94. The third-order valence-electron chi connectivity index (χ3n) is 2.18. The second kappa shape index (κ2) is 4.65. The maximum Gasteiger partial charge on any atom is 0.274 e. The molecule has 0 N–H and O–H groups in total. The van der Waals surface area contributed by atoms with Crippen molar-refractivity contribution in [1.82, 2.24) is 0 Å². The summed E-state index contributed by atoms with van der Waals surface area (Å²) in [5.74, 6) is 1.12. The molecular formula is C12H19OSi. The Balaban J connectivity index is 3.11. The minimum atomic E-state index is -0.654. The fourth-order valence-electron chi connectivity index (χ4n) is 1.66. The van der Waals surface area contributed by atoms with Crippen LogP contribution in [0.2, 0.25) is 13.1 Å². The summed E-state index contributed by atoms with van der Waals surface area (Å²) >= 11 is 0. The molecule has 0 aliphatic carbocycles. The van der Waals surface area contributed by atoms with Gasteiger partial charge in [0.2, 0.25) is 0 Å². The van der Waals surface area contributed by atoms with E-state index in [1.54, 1.807) is 0 Å². The van der Waals surface area contributed by atoms with Gasteiger partial charge in [-0.3, -0.25) is 0 Å². The lowest BCUT2D eigenvalue weighted by molar-refractivity contribution is 0.567. The Labute approximate surface area is 88.8 Å². The highest BCUT2D eigenvalue weighted by Crippen LogP contribution is 2.26. The topological polar surface area (TPSA) is 9.23 Å². The van der Waals surface area contributed by atoms with E-state index in [0.717, 1.165) is 12.2 Å². The van der Waals surface area contributed by atoms with Crippen molar-refractivity contribution < 1.29 is 4.43 Å². The van der Waals surface area contributed by atoms with E-state index in [1.807, 2.05) is 0 Å². The third kappa shape index (κ3) is 2.61. The number of benzene rings is 1. The predicted octanol–water partition coefficient (Wildman–Crippen LogP) is 3.50. The Morgan fingerprint density at radius 3 is 2.36 bits per heavy atom. The predicted molar refractivity (Wildman–Crippen MR) is 63.4 cm³/mol. The van der Waals surface area contributed by atoms with Crippen LogP contribution in [0.1, 0.15) is 23.6 Å². The van der Waals surface area contributed by atoms with Crippen LogP contribution < -0.4 is 4.43 Å². The van der Waals surface area contributed by atoms with Gasteiger partial charge in [-0.05, 0) is 44.5 Å². The van der Waals surface area contributed by atoms with Crippen LogP contribution in [0.5, 0.6) is 5.75 Å². The van der Waals surface area contributed by atoms with E-state index in [0.29, 0.717) is 0 Å². The van der Waals surface area contributed by atoms with Gasteiger partial charge in [0.1, 0.15) is 5.75 Å². The molecule has 2 heteroatoms. The molecule has 0 aliphatic rings. The molecule has 1 rings (SSSR count). The zero-order valence-corrected chi connectivity index (χ0v) is 10.8. The Hall–Kier alpha value is -0.763. The van der Waals surface area contributed by atoms with Crippen molar-refractivity contribution in [2.45, 2.75) is 40.3 Å². The van der Waals surface area contributed by atoms with Crippen LogP contribution in [0.3, 0.4) is 0 Å². The van der Waals surface area contributed by atoms with Crippen molar-refractivity contribution in [3.05, 3.63) is 28.8 Å². The maximum absolute atomic E-state index is 5.92. The zero-order chi connectivity index (χ0) is 10.7. The van der Waals surface area contributed by atoms with Crippen molar-refractivity contribution in [3.8, 4) is 5.75 Å².